The van der Waals surface area contributed by atoms with Crippen LogP contribution in [-0.4, -0.2) is 13.1 Å². The summed E-state index contributed by atoms with van der Waals surface area (Å²) in [6, 6.07) is 18.6. The molecule has 1 N–H and O–H groups in total. The molecule has 0 amide bonds. The molecule has 0 aromatic heterocycles. The maximum absolute atomic E-state index is 12.1. The summed E-state index contributed by atoms with van der Waals surface area (Å²) < 4.78 is 4.84. The average molecular weight is 386 g/mol. The molecule has 0 spiro atoms. The summed E-state index contributed by atoms with van der Waals surface area (Å²) in [4.78, 5) is 12.1. The highest BCUT2D eigenvalue weighted by molar-refractivity contribution is 6.35. The van der Waals surface area contributed by atoms with Crippen LogP contribution >= 0.6 is 23.2 Å². The molecule has 1 atom stereocenters. The second kappa shape index (κ2) is 7.81. The van der Waals surface area contributed by atoms with Gasteiger partial charge in [-0.15, -0.1) is 0 Å². The third-order valence-corrected chi connectivity index (χ3v) is 4.69. The molecule has 3 rings (SSSR count). The number of anilines is 1. The van der Waals surface area contributed by atoms with E-state index in [0.29, 0.717) is 15.6 Å². The molecule has 132 valence electrons. The smallest absolute Gasteiger partial charge is 0.335 e. The van der Waals surface area contributed by atoms with Gasteiger partial charge in [-0.3, -0.25) is 0 Å². The Labute approximate surface area is 162 Å². The molecule has 0 saturated heterocycles. The van der Waals surface area contributed by atoms with Crippen LogP contribution in [0.15, 0.2) is 72.8 Å². The van der Waals surface area contributed by atoms with Crippen LogP contribution in [0.1, 0.15) is 11.6 Å². The van der Waals surface area contributed by atoms with E-state index in [1.54, 1.807) is 18.2 Å². The Kier molecular flexibility index (Phi) is 5.50. The minimum atomic E-state index is -0.548. The number of benzene rings is 3. The van der Waals surface area contributed by atoms with Crippen LogP contribution in [0.5, 0.6) is 0 Å². The summed E-state index contributed by atoms with van der Waals surface area (Å²) in [5, 5.41) is 6.52. The molecule has 0 fully saturated rings. The first-order chi connectivity index (χ1) is 12.5. The fourth-order valence-electron chi connectivity index (χ4n) is 2.78. The first-order valence-corrected chi connectivity index (χ1v) is 8.72. The number of hydrogen-bond acceptors (Lipinski definition) is 3. The minimum Gasteiger partial charge on any atom is -0.466 e. The summed E-state index contributed by atoms with van der Waals surface area (Å²) in [5.41, 5.74) is 1.79. The Morgan fingerprint density at radius 2 is 1.77 bits per heavy atom. The summed E-state index contributed by atoms with van der Waals surface area (Å²) in [7, 11) is 1.32. The largest absolute Gasteiger partial charge is 0.466 e. The number of rotatable bonds is 5. The van der Waals surface area contributed by atoms with Gasteiger partial charge in [0.05, 0.1) is 18.7 Å². The fraction of sp³-hybridized carbons (Fsp3) is 0.0952. The highest BCUT2D eigenvalue weighted by Crippen LogP contribution is 2.33. The van der Waals surface area contributed by atoms with Crippen LogP contribution in [0.3, 0.4) is 0 Å². The van der Waals surface area contributed by atoms with E-state index in [4.69, 9.17) is 27.9 Å². The molecule has 0 bridgehead atoms. The van der Waals surface area contributed by atoms with Gasteiger partial charge in [-0.2, -0.15) is 0 Å². The van der Waals surface area contributed by atoms with E-state index in [1.165, 1.54) is 7.11 Å². The third-order valence-electron chi connectivity index (χ3n) is 4.13. The van der Waals surface area contributed by atoms with Crippen molar-refractivity contribution in [3.8, 4) is 0 Å². The maximum atomic E-state index is 12.1. The number of carbonyl (C=O) groups is 1. The third kappa shape index (κ3) is 3.85. The Morgan fingerprint density at radius 3 is 2.46 bits per heavy atom. The Hall–Kier alpha value is -2.49. The summed E-state index contributed by atoms with van der Waals surface area (Å²) in [6.07, 6.45) is 0. The van der Waals surface area contributed by atoms with Gasteiger partial charge in [-0.05, 0) is 40.6 Å². The number of carbonyl (C=O) groups excluding carboxylic acids is 1. The van der Waals surface area contributed by atoms with E-state index in [-0.39, 0.29) is 5.57 Å². The number of nitrogens with one attached hydrogen (secondary N) is 1. The lowest BCUT2D eigenvalue weighted by atomic mass is 9.99. The van der Waals surface area contributed by atoms with Gasteiger partial charge < -0.3 is 10.1 Å². The Morgan fingerprint density at radius 1 is 1.04 bits per heavy atom. The fourth-order valence-corrected chi connectivity index (χ4v) is 3.30. The zero-order valence-electron chi connectivity index (χ0n) is 14.1. The van der Waals surface area contributed by atoms with Crippen LogP contribution < -0.4 is 5.32 Å². The standard InChI is InChI=1S/C21H17Cl2NO2/c1-13(21(25)26-2)20(18-10-8-16(22)12-19(18)23)24-17-9-7-14-5-3-4-6-15(14)11-17/h3-12,20,24H,1H2,2H3. The number of fused-ring (bicyclic) bond motifs is 1. The molecule has 0 aliphatic rings. The molecule has 5 heteroatoms. The van der Waals surface area contributed by atoms with Gasteiger partial charge in [-0.1, -0.05) is 66.2 Å². The van der Waals surface area contributed by atoms with E-state index < -0.39 is 12.0 Å². The van der Waals surface area contributed by atoms with Crippen LogP contribution in [0.2, 0.25) is 10.0 Å². The Bertz CT molecular complexity index is 985. The van der Waals surface area contributed by atoms with Gasteiger partial charge >= 0.3 is 5.97 Å². The molecule has 3 aromatic rings. The lowest BCUT2D eigenvalue weighted by Gasteiger charge is -2.23. The monoisotopic (exact) mass is 385 g/mol. The predicted octanol–water partition coefficient (Wildman–Crippen LogP) is 6.03. The molecule has 0 aliphatic carbocycles. The van der Waals surface area contributed by atoms with Crippen LogP contribution in [0, 0.1) is 0 Å². The number of methoxy groups -OCH3 is 1. The number of hydrogen-bond donors (Lipinski definition) is 1. The summed E-state index contributed by atoms with van der Waals surface area (Å²) in [6.45, 7) is 3.90. The molecule has 0 heterocycles. The molecule has 0 saturated carbocycles. The lowest BCUT2D eigenvalue weighted by molar-refractivity contribution is -0.136. The van der Waals surface area contributed by atoms with Crippen molar-refractivity contribution in [2.75, 3.05) is 12.4 Å². The van der Waals surface area contributed by atoms with E-state index in [0.717, 1.165) is 16.5 Å². The summed E-state index contributed by atoms with van der Waals surface area (Å²) >= 11 is 12.4. The maximum Gasteiger partial charge on any atom is 0.335 e. The second-order valence-corrected chi connectivity index (χ2v) is 6.67. The summed E-state index contributed by atoms with van der Waals surface area (Å²) in [5.74, 6) is -0.505. The van der Waals surface area contributed by atoms with Gasteiger partial charge in [0.1, 0.15) is 0 Å². The normalized spacial score (nSPS) is 11.8. The quantitative estimate of drug-likeness (QED) is 0.430. The van der Waals surface area contributed by atoms with Gasteiger partial charge in [0, 0.05) is 15.7 Å². The van der Waals surface area contributed by atoms with Crippen molar-refractivity contribution in [3.05, 3.63) is 88.4 Å². The molecule has 3 nitrogen and oxygen atoms in total. The highest BCUT2D eigenvalue weighted by atomic mass is 35.5. The van der Waals surface area contributed by atoms with Crippen molar-refractivity contribution >= 4 is 45.6 Å². The molecule has 3 aromatic carbocycles. The Balaban J connectivity index is 2.01. The van der Waals surface area contributed by atoms with E-state index >= 15 is 0 Å². The zero-order chi connectivity index (χ0) is 18.7. The van der Waals surface area contributed by atoms with Gasteiger partial charge in [0.25, 0.3) is 0 Å². The predicted molar refractivity (Wildman–Crippen MR) is 108 cm³/mol. The highest BCUT2D eigenvalue weighted by Gasteiger charge is 2.24. The first kappa shape index (κ1) is 18.3. The SMILES string of the molecule is C=C(C(=O)OC)C(Nc1ccc2ccccc2c1)c1ccc(Cl)cc1Cl. The molecule has 1 unspecified atom stereocenters. The van der Waals surface area contributed by atoms with Crippen LogP contribution in [0.25, 0.3) is 10.8 Å². The molecule has 26 heavy (non-hydrogen) atoms. The van der Waals surface area contributed by atoms with Crippen molar-refractivity contribution in [2.45, 2.75) is 6.04 Å². The second-order valence-electron chi connectivity index (χ2n) is 5.82. The zero-order valence-corrected chi connectivity index (χ0v) is 15.6. The number of halogens is 2. The van der Waals surface area contributed by atoms with E-state index in [9.17, 15) is 4.79 Å². The van der Waals surface area contributed by atoms with Crippen molar-refractivity contribution in [3.63, 3.8) is 0 Å². The minimum absolute atomic E-state index is 0.255. The molecule has 0 radical (unpaired) electrons. The lowest BCUT2D eigenvalue weighted by Crippen LogP contribution is -2.20. The van der Waals surface area contributed by atoms with Crippen molar-refractivity contribution < 1.29 is 9.53 Å². The van der Waals surface area contributed by atoms with Crippen molar-refractivity contribution in [1.82, 2.24) is 0 Å². The van der Waals surface area contributed by atoms with Gasteiger partial charge in [0.2, 0.25) is 0 Å². The molecule has 0 aliphatic heterocycles. The number of esters is 1. The van der Waals surface area contributed by atoms with Crippen LogP contribution in [-0.2, 0) is 9.53 Å². The van der Waals surface area contributed by atoms with Gasteiger partial charge in [0.15, 0.2) is 0 Å². The number of ether oxygens (including phenoxy) is 1. The topological polar surface area (TPSA) is 38.3 Å². The molecular formula is C21H17Cl2NO2. The van der Waals surface area contributed by atoms with E-state index in [2.05, 4.69) is 11.9 Å². The van der Waals surface area contributed by atoms with Gasteiger partial charge in [-0.25, -0.2) is 4.79 Å². The average Bonchev–Trinajstić information content (AvgIpc) is 2.65. The first-order valence-electron chi connectivity index (χ1n) is 7.97. The van der Waals surface area contributed by atoms with E-state index in [1.807, 2.05) is 42.5 Å². The molecular weight excluding hydrogens is 369 g/mol. The van der Waals surface area contributed by atoms with Crippen molar-refractivity contribution in [1.29, 1.82) is 0 Å². The van der Waals surface area contributed by atoms with Crippen LogP contribution in [0.4, 0.5) is 5.69 Å². The van der Waals surface area contributed by atoms with Crippen molar-refractivity contribution in [2.24, 2.45) is 0 Å².